The quantitative estimate of drug-likeness (QED) is 0.133. The molecule has 23 heteroatoms. The number of halogens is 16. The molecule has 3 N–H and O–H groups in total. The highest BCUT2D eigenvalue weighted by Gasteiger charge is 2.95. The summed E-state index contributed by atoms with van der Waals surface area (Å²) < 4.78 is 237. The van der Waals surface area contributed by atoms with E-state index >= 15 is 0 Å². The molecule has 36 heavy (non-hydrogen) atoms. The molecule has 0 rings (SSSR count). The van der Waals surface area contributed by atoms with E-state index in [9.17, 15) is 83.5 Å². The Morgan fingerprint density at radius 2 is 1.03 bits per heavy atom. The highest BCUT2D eigenvalue weighted by atomic mass is 32.2. The maximum absolute atomic E-state index is 13.2. The normalized spacial score (nSPS) is 16.4. The maximum Gasteiger partial charge on any atom is 0.460 e. The Kier molecular flexibility index (Phi) is 10.1. The molecular weight excluding hydrogens is 586 g/mol. The summed E-state index contributed by atoms with van der Waals surface area (Å²) in [5, 5.41) is -6.84. The number of rotatable bonds is 9. The summed E-state index contributed by atoms with van der Waals surface area (Å²) in [5.74, 6) is -51.2. The second-order valence-electron chi connectivity index (χ2n) is 6.02. The van der Waals surface area contributed by atoms with Crippen LogP contribution in [0.4, 0.5) is 70.2 Å². The third-order valence-electron chi connectivity index (χ3n) is 3.58. The lowest BCUT2D eigenvalue weighted by Crippen LogP contribution is -2.76. The van der Waals surface area contributed by atoms with Gasteiger partial charge in [0.15, 0.2) is 0 Å². The first-order valence-electron chi connectivity index (χ1n) is 7.88. The SMILES string of the molecule is C=CC(=O)OCC.NC(F)(C(F)(F)C(F)(F)C(F)(F)C(F)(F)C(F)(F)C(F)(F)C(F)(F)F)S(=O)(=O)O. The molecule has 0 aliphatic heterocycles. The van der Waals surface area contributed by atoms with Crippen molar-refractivity contribution in [3.63, 3.8) is 0 Å². The summed E-state index contributed by atoms with van der Waals surface area (Å²) in [6, 6.07) is 0. The van der Waals surface area contributed by atoms with E-state index in [1.807, 2.05) is 0 Å². The van der Waals surface area contributed by atoms with Crippen LogP contribution in [-0.4, -0.2) is 72.4 Å². The van der Waals surface area contributed by atoms with Crippen molar-refractivity contribution in [3.8, 4) is 0 Å². The van der Waals surface area contributed by atoms with Crippen LogP contribution in [0.25, 0.3) is 0 Å². The van der Waals surface area contributed by atoms with Crippen molar-refractivity contribution < 1.29 is 92.7 Å². The van der Waals surface area contributed by atoms with Gasteiger partial charge in [-0.3, -0.25) is 10.3 Å². The molecule has 1 atom stereocenters. The minimum Gasteiger partial charge on any atom is -0.463 e. The van der Waals surface area contributed by atoms with E-state index in [1.165, 1.54) is 0 Å². The van der Waals surface area contributed by atoms with Crippen LogP contribution in [0.1, 0.15) is 6.92 Å². The van der Waals surface area contributed by atoms with Crippen molar-refractivity contribution in [1.29, 1.82) is 0 Å². The van der Waals surface area contributed by atoms with Crippen molar-refractivity contribution in [1.82, 2.24) is 0 Å². The Labute approximate surface area is 188 Å². The Morgan fingerprint density at radius 1 is 0.750 bits per heavy atom. The molecule has 0 aromatic carbocycles. The number of nitrogens with two attached hydrogens (primary N) is 1. The first-order valence-corrected chi connectivity index (χ1v) is 9.32. The van der Waals surface area contributed by atoms with Gasteiger partial charge in [-0.25, -0.2) is 4.79 Å². The standard InChI is InChI=1S/C8H3F16NO3S.C5H8O2/c9-1(10,3(13,14)5(17,18)7(21,22)23)2(11,12)4(15,16)6(19,20)8(24,25)29(26,27)28;1-3-5(6)7-4-2/h25H2,(H,26,27,28);3H,1,4H2,2H3. The van der Waals surface area contributed by atoms with Crippen LogP contribution >= 0.6 is 0 Å². The molecule has 0 spiro atoms. The Bertz CT molecular complexity index is 912. The second-order valence-corrected chi connectivity index (χ2v) is 7.56. The van der Waals surface area contributed by atoms with E-state index in [1.54, 1.807) is 6.92 Å². The molecule has 1 unspecified atom stereocenters. The molecule has 6 nitrogen and oxygen atoms in total. The Balaban J connectivity index is 0. The summed E-state index contributed by atoms with van der Waals surface area (Å²) in [7, 11) is -7.45. The van der Waals surface area contributed by atoms with Gasteiger partial charge in [-0.1, -0.05) is 6.58 Å². The van der Waals surface area contributed by atoms with Crippen LogP contribution in [-0.2, 0) is 19.6 Å². The second kappa shape index (κ2) is 10.0. The van der Waals surface area contributed by atoms with E-state index in [0.29, 0.717) is 6.61 Å². The van der Waals surface area contributed by atoms with Gasteiger partial charge in [0.1, 0.15) is 0 Å². The van der Waals surface area contributed by atoms with Crippen LogP contribution in [0.15, 0.2) is 12.7 Å². The Morgan fingerprint density at radius 3 is 1.22 bits per heavy atom. The molecule has 216 valence electrons. The van der Waals surface area contributed by atoms with Gasteiger partial charge in [0.05, 0.1) is 6.61 Å². The fourth-order valence-corrected chi connectivity index (χ4v) is 2.00. The zero-order chi connectivity index (χ0) is 30.2. The number of ether oxygens (including phenoxy) is 1. The first-order chi connectivity index (χ1) is 15.3. The molecule has 0 aliphatic rings. The van der Waals surface area contributed by atoms with Gasteiger partial charge in [-0.15, -0.1) is 0 Å². The summed E-state index contributed by atoms with van der Waals surface area (Å²) in [6.45, 7) is 5.38. The third-order valence-corrected chi connectivity index (χ3v) is 4.59. The van der Waals surface area contributed by atoms with Crippen molar-refractivity contribution in [2.45, 2.75) is 53.8 Å². The van der Waals surface area contributed by atoms with E-state index in [0.717, 1.165) is 6.08 Å². The van der Waals surface area contributed by atoms with Crippen LogP contribution in [0.3, 0.4) is 0 Å². The molecule has 0 aliphatic carbocycles. The molecule has 0 amide bonds. The summed E-state index contributed by atoms with van der Waals surface area (Å²) >= 11 is 0. The first kappa shape index (κ1) is 36.1. The maximum atomic E-state index is 13.2. The highest BCUT2D eigenvalue weighted by molar-refractivity contribution is 7.87. The minimum atomic E-state index is -8.75. The molecule has 0 saturated heterocycles. The predicted octanol–water partition coefficient (Wildman–Crippen LogP) is 4.57. The van der Waals surface area contributed by atoms with E-state index in [2.05, 4.69) is 17.0 Å². The highest BCUT2D eigenvalue weighted by Crippen LogP contribution is 2.63. The van der Waals surface area contributed by atoms with Gasteiger partial charge < -0.3 is 4.74 Å². The largest absolute Gasteiger partial charge is 0.463 e. The fraction of sp³-hybridized carbons (Fsp3) is 0.769. The lowest BCUT2D eigenvalue weighted by molar-refractivity contribution is -0.455. The number of carbonyl (C=O) groups is 1. The fourth-order valence-electron chi connectivity index (χ4n) is 1.54. The molecule has 0 bridgehead atoms. The molecule has 0 heterocycles. The smallest absolute Gasteiger partial charge is 0.460 e. The monoisotopic (exact) mass is 597 g/mol. The van der Waals surface area contributed by atoms with Gasteiger partial charge >= 0.3 is 62.9 Å². The van der Waals surface area contributed by atoms with Gasteiger partial charge in [-0.2, -0.15) is 78.7 Å². The van der Waals surface area contributed by atoms with Crippen molar-refractivity contribution in [2.75, 3.05) is 6.61 Å². The third kappa shape index (κ3) is 5.45. The van der Waals surface area contributed by atoms with Gasteiger partial charge in [0, 0.05) is 6.08 Å². The number of hydrogen-bond donors (Lipinski definition) is 2. The number of esters is 1. The number of carbonyl (C=O) groups excluding carboxylic acids is 1. The van der Waals surface area contributed by atoms with E-state index in [-0.39, 0.29) is 5.97 Å². The zero-order valence-electron chi connectivity index (χ0n) is 16.6. The van der Waals surface area contributed by atoms with Gasteiger partial charge in [0.2, 0.25) is 0 Å². The summed E-state index contributed by atoms with van der Waals surface area (Å²) in [5.41, 5.74) is 3.33. The molecule has 0 fully saturated rings. The Hall–Kier alpha value is -2.04. The topological polar surface area (TPSA) is 107 Å². The van der Waals surface area contributed by atoms with E-state index < -0.39 is 57.0 Å². The van der Waals surface area contributed by atoms with Crippen LogP contribution < -0.4 is 5.73 Å². The van der Waals surface area contributed by atoms with Gasteiger partial charge in [-0.05, 0) is 6.92 Å². The average molecular weight is 597 g/mol. The lowest BCUT2D eigenvalue weighted by Gasteiger charge is -2.42. The average Bonchev–Trinajstić information content (AvgIpc) is 2.65. The van der Waals surface area contributed by atoms with Crippen molar-refractivity contribution in [3.05, 3.63) is 12.7 Å². The summed E-state index contributed by atoms with van der Waals surface area (Å²) in [4.78, 5) is 10.1. The molecule has 0 aromatic rings. The molecule has 0 aromatic heterocycles. The van der Waals surface area contributed by atoms with Crippen molar-refractivity contribution in [2.24, 2.45) is 5.73 Å². The van der Waals surface area contributed by atoms with Gasteiger partial charge in [0.25, 0.3) is 0 Å². The van der Waals surface area contributed by atoms with Crippen LogP contribution in [0.2, 0.25) is 0 Å². The van der Waals surface area contributed by atoms with Crippen LogP contribution in [0.5, 0.6) is 0 Å². The van der Waals surface area contributed by atoms with E-state index in [4.69, 9.17) is 4.55 Å². The lowest BCUT2D eigenvalue weighted by atomic mass is 9.90. The zero-order valence-corrected chi connectivity index (χ0v) is 17.4. The number of hydrogen-bond acceptors (Lipinski definition) is 5. The molecule has 0 saturated carbocycles. The summed E-state index contributed by atoms with van der Waals surface area (Å²) in [6.07, 6.45) is -6.69. The molecular formula is C13H11F16NO5S. The minimum absolute atomic E-state index is 0.359. The molecule has 0 radical (unpaired) electrons. The number of alkyl halides is 16. The van der Waals surface area contributed by atoms with Crippen molar-refractivity contribution >= 4 is 16.1 Å². The van der Waals surface area contributed by atoms with Crippen LogP contribution in [0, 0.1) is 0 Å². The predicted molar refractivity (Wildman–Crippen MR) is 82.1 cm³/mol.